The van der Waals surface area contributed by atoms with E-state index in [0.29, 0.717) is 11.4 Å². The molecule has 0 radical (unpaired) electrons. The zero-order valence-electron chi connectivity index (χ0n) is 12.2. The number of carbonyl (C=O) groups excluding carboxylic acids is 1. The van der Waals surface area contributed by atoms with Crippen LogP contribution in [0.15, 0.2) is 12.1 Å². The van der Waals surface area contributed by atoms with Crippen molar-refractivity contribution < 1.29 is 4.79 Å². The maximum Gasteiger partial charge on any atom is 0.237 e. The van der Waals surface area contributed by atoms with Gasteiger partial charge >= 0.3 is 0 Å². The number of nitrogens with zero attached hydrogens (tertiary/aromatic N) is 1. The fourth-order valence-corrected chi connectivity index (χ4v) is 3.10. The van der Waals surface area contributed by atoms with E-state index in [1.807, 2.05) is 30.9 Å². The Bertz CT molecular complexity index is 518. The number of hydrogen-bond acceptors (Lipinski definition) is 3. The van der Waals surface area contributed by atoms with Gasteiger partial charge < -0.3 is 16.4 Å². The Morgan fingerprint density at radius 2 is 1.68 bits per heavy atom. The van der Waals surface area contributed by atoms with E-state index in [1.54, 1.807) is 0 Å². The number of anilines is 3. The number of amides is 1. The number of hydrogen-bond donors (Lipinski definition) is 2. The molecule has 4 N–H and O–H groups in total. The maximum absolute atomic E-state index is 12.9. The maximum atomic E-state index is 12.9. The Balaban J connectivity index is 2.74. The van der Waals surface area contributed by atoms with E-state index in [1.165, 1.54) is 0 Å². The van der Waals surface area contributed by atoms with Crippen molar-refractivity contribution in [2.45, 2.75) is 52.0 Å². The normalized spacial score (nSPS) is 17.1. The van der Waals surface area contributed by atoms with E-state index >= 15 is 0 Å². The summed E-state index contributed by atoms with van der Waals surface area (Å²) in [5.41, 5.74) is 14.5. The smallest absolute Gasteiger partial charge is 0.237 e. The van der Waals surface area contributed by atoms with E-state index < -0.39 is 5.41 Å². The highest BCUT2D eigenvalue weighted by Gasteiger charge is 2.49. The van der Waals surface area contributed by atoms with Crippen molar-refractivity contribution in [1.82, 2.24) is 0 Å². The Labute approximate surface area is 114 Å². The summed E-state index contributed by atoms with van der Waals surface area (Å²) in [6.07, 6.45) is 1.56. The molecule has 2 rings (SSSR count). The van der Waals surface area contributed by atoms with E-state index in [4.69, 9.17) is 11.5 Å². The molecule has 0 aromatic heterocycles. The number of nitrogen functional groups attached to an aromatic ring is 2. The van der Waals surface area contributed by atoms with Crippen LogP contribution in [0.5, 0.6) is 0 Å². The lowest BCUT2D eigenvalue weighted by atomic mass is 9.76. The summed E-state index contributed by atoms with van der Waals surface area (Å²) in [6, 6.07) is 3.85. The fraction of sp³-hybridized carbons (Fsp3) is 0.533. The van der Waals surface area contributed by atoms with Crippen LogP contribution in [-0.2, 0) is 10.2 Å². The molecule has 0 spiro atoms. The summed E-state index contributed by atoms with van der Waals surface area (Å²) in [5, 5.41) is 0. The highest BCUT2D eigenvalue weighted by Crippen LogP contribution is 2.48. The first-order chi connectivity index (χ1) is 8.89. The summed E-state index contributed by atoms with van der Waals surface area (Å²) in [4.78, 5) is 14.7. The Morgan fingerprint density at radius 3 is 2.16 bits per heavy atom. The van der Waals surface area contributed by atoms with E-state index in [2.05, 4.69) is 13.8 Å². The van der Waals surface area contributed by atoms with Crippen LogP contribution in [0.3, 0.4) is 0 Å². The van der Waals surface area contributed by atoms with Gasteiger partial charge in [-0.3, -0.25) is 4.79 Å². The van der Waals surface area contributed by atoms with Crippen molar-refractivity contribution in [2.75, 3.05) is 16.4 Å². The Morgan fingerprint density at radius 1 is 1.16 bits per heavy atom. The Kier molecular flexibility index (Phi) is 3.20. The summed E-state index contributed by atoms with van der Waals surface area (Å²) in [7, 11) is 0. The van der Waals surface area contributed by atoms with Crippen LogP contribution in [0.2, 0.25) is 0 Å². The molecule has 19 heavy (non-hydrogen) atoms. The van der Waals surface area contributed by atoms with Gasteiger partial charge in [0.1, 0.15) is 0 Å². The summed E-state index contributed by atoms with van der Waals surface area (Å²) < 4.78 is 0. The molecule has 1 aliphatic rings. The van der Waals surface area contributed by atoms with Crippen LogP contribution in [0.25, 0.3) is 0 Å². The molecule has 1 amide bonds. The van der Waals surface area contributed by atoms with Crippen molar-refractivity contribution in [2.24, 2.45) is 0 Å². The standard InChI is InChI=1S/C15H23N3O/c1-5-15(6-2)10-7-11(16)12(17)8-13(10)18(9(3)4)14(15)19/h7-9H,5-6,16-17H2,1-4H3. The predicted molar refractivity (Wildman–Crippen MR) is 80.1 cm³/mol. The van der Waals surface area contributed by atoms with Gasteiger partial charge in [-0.25, -0.2) is 0 Å². The van der Waals surface area contributed by atoms with Gasteiger partial charge in [-0.05, 0) is 44.4 Å². The average Bonchev–Trinajstić information content (AvgIpc) is 2.59. The molecule has 1 heterocycles. The number of fused-ring (bicyclic) bond motifs is 1. The van der Waals surface area contributed by atoms with Gasteiger partial charge in [0, 0.05) is 6.04 Å². The summed E-state index contributed by atoms with van der Waals surface area (Å²) in [6.45, 7) is 8.16. The second-order valence-corrected chi connectivity index (χ2v) is 5.56. The summed E-state index contributed by atoms with van der Waals surface area (Å²) in [5.74, 6) is 0.174. The van der Waals surface area contributed by atoms with Gasteiger partial charge in [0.15, 0.2) is 0 Å². The molecule has 1 aliphatic heterocycles. The molecular weight excluding hydrogens is 238 g/mol. The zero-order valence-corrected chi connectivity index (χ0v) is 12.2. The second-order valence-electron chi connectivity index (χ2n) is 5.56. The number of benzene rings is 1. The third-order valence-corrected chi connectivity index (χ3v) is 4.33. The molecule has 0 unspecified atom stereocenters. The van der Waals surface area contributed by atoms with Crippen molar-refractivity contribution in [3.63, 3.8) is 0 Å². The molecule has 0 atom stereocenters. The van der Waals surface area contributed by atoms with Gasteiger partial charge in [0.05, 0.1) is 22.5 Å². The molecule has 0 saturated heterocycles. The Hall–Kier alpha value is -1.71. The lowest BCUT2D eigenvalue weighted by molar-refractivity contribution is -0.123. The monoisotopic (exact) mass is 261 g/mol. The minimum absolute atomic E-state index is 0.120. The van der Waals surface area contributed by atoms with Crippen molar-refractivity contribution >= 4 is 23.0 Å². The summed E-state index contributed by atoms with van der Waals surface area (Å²) >= 11 is 0. The first-order valence-electron chi connectivity index (χ1n) is 6.92. The van der Waals surface area contributed by atoms with Gasteiger partial charge in [-0.15, -0.1) is 0 Å². The molecule has 104 valence electrons. The molecule has 0 fully saturated rings. The average molecular weight is 261 g/mol. The number of rotatable bonds is 3. The third kappa shape index (κ3) is 1.70. The minimum atomic E-state index is -0.443. The van der Waals surface area contributed by atoms with Gasteiger partial charge in [-0.2, -0.15) is 0 Å². The van der Waals surface area contributed by atoms with Gasteiger partial charge in [-0.1, -0.05) is 13.8 Å². The largest absolute Gasteiger partial charge is 0.397 e. The molecule has 1 aromatic carbocycles. The van der Waals surface area contributed by atoms with Crippen molar-refractivity contribution in [3.05, 3.63) is 17.7 Å². The first kappa shape index (κ1) is 13.7. The van der Waals surface area contributed by atoms with E-state index in [9.17, 15) is 4.79 Å². The second kappa shape index (κ2) is 4.44. The first-order valence-corrected chi connectivity index (χ1v) is 6.92. The van der Waals surface area contributed by atoms with Gasteiger partial charge in [0.2, 0.25) is 5.91 Å². The lowest BCUT2D eigenvalue weighted by Gasteiger charge is -2.27. The van der Waals surface area contributed by atoms with Gasteiger partial charge in [0.25, 0.3) is 0 Å². The third-order valence-electron chi connectivity index (χ3n) is 4.33. The molecule has 0 aliphatic carbocycles. The zero-order chi connectivity index (χ0) is 14.4. The number of carbonyl (C=O) groups is 1. The van der Waals surface area contributed by atoms with Crippen molar-refractivity contribution in [3.8, 4) is 0 Å². The van der Waals surface area contributed by atoms with E-state index in [0.717, 1.165) is 24.1 Å². The number of nitrogens with two attached hydrogens (primary N) is 2. The SMILES string of the molecule is CCC1(CC)C(=O)N(C(C)C)c2cc(N)c(N)cc21. The molecule has 1 aromatic rings. The van der Waals surface area contributed by atoms with E-state index in [-0.39, 0.29) is 11.9 Å². The molecular formula is C15H23N3O. The van der Waals surface area contributed by atoms with Crippen molar-refractivity contribution in [1.29, 1.82) is 0 Å². The van der Waals surface area contributed by atoms with Crippen LogP contribution in [0.4, 0.5) is 17.1 Å². The predicted octanol–water partition coefficient (Wildman–Crippen LogP) is 2.66. The quantitative estimate of drug-likeness (QED) is 0.822. The molecule has 0 saturated carbocycles. The lowest BCUT2D eigenvalue weighted by Crippen LogP contribution is -2.42. The molecule has 0 bridgehead atoms. The van der Waals surface area contributed by atoms with Crippen LogP contribution in [-0.4, -0.2) is 11.9 Å². The van der Waals surface area contributed by atoms with Crippen LogP contribution >= 0.6 is 0 Å². The minimum Gasteiger partial charge on any atom is -0.397 e. The van der Waals surface area contributed by atoms with Crippen LogP contribution < -0.4 is 16.4 Å². The fourth-order valence-electron chi connectivity index (χ4n) is 3.10. The molecule has 4 heteroatoms. The van der Waals surface area contributed by atoms with Crippen LogP contribution in [0.1, 0.15) is 46.1 Å². The highest BCUT2D eigenvalue weighted by molar-refractivity contribution is 6.09. The van der Waals surface area contributed by atoms with Crippen LogP contribution in [0, 0.1) is 0 Å². The highest BCUT2D eigenvalue weighted by atomic mass is 16.2. The molecule has 4 nitrogen and oxygen atoms in total. The topological polar surface area (TPSA) is 72.3 Å².